The Balaban J connectivity index is 1.81. The Morgan fingerprint density at radius 1 is 0.708 bits per heavy atom. The summed E-state index contributed by atoms with van der Waals surface area (Å²) in [5, 5.41) is 0. The van der Waals surface area contributed by atoms with Crippen molar-refractivity contribution >= 4 is 11.4 Å². The van der Waals surface area contributed by atoms with Gasteiger partial charge in [0, 0.05) is 5.71 Å². The fourth-order valence-electron chi connectivity index (χ4n) is 2.61. The summed E-state index contributed by atoms with van der Waals surface area (Å²) >= 11 is 0. The van der Waals surface area contributed by atoms with Crippen molar-refractivity contribution in [1.82, 2.24) is 0 Å². The maximum Gasteiger partial charge on any atom is 0.0633 e. The van der Waals surface area contributed by atoms with Crippen molar-refractivity contribution in [3.8, 4) is 11.1 Å². The molecule has 0 aromatic heterocycles. The summed E-state index contributed by atoms with van der Waals surface area (Å²) in [7, 11) is 0. The molecule has 0 N–H and O–H groups in total. The van der Waals surface area contributed by atoms with Crippen molar-refractivity contribution < 1.29 is 0 Å². The van der Waals surface area contributed by atoms with Crippen LogP contribution in [-0.2, 0) is 0 Å². The number of aryl methyl sites for hydroxylation is 1. The van der Waals surface area contributed by atoms with E-state index in [9.17, 15) is 0 Å². The molecule has 3 aromatic carbocycles. The predicted octanol–water partition coefficient (Wildman–Crippen LogP) is 6.14. The normalized spacial score (nSPS) is 11.3. The second-order valence-corrected chi connectivity index (χ2v) is 5.95. The Kier molecular flexibility index (Phi) is 4.72. The third-order valence-electron chi connectivity index (χ3n) is 4.10. The van der Waals surface area contributed by atoms with Crippen LogP contribution in [-0.4, -0.2) is 5.71 Å². The summed E-state index contributed by atoms with van der Waals surface area (Å²) in [6.07, 6.45) is 0. The van der Waals surface area contributed by atoms with Crippen molar-refractivity contribution in [1.29, 1.82) is 0 Å². The average Bonchev–Trinajstić information content (AvgIpc) is 2.63. The molecule has 0 unspecified atom stereocenters. The molecule has 0 heterocycles. The maximum atomic E-state index is 4.65. The van der Waals surface area contributed by atoms with Gasteiger partial charge in [-0.15, -0.1) is 0 Å². The van der Waals surface area contributed by atoms with Crippen LogP contribution in [0.3, 0.4) is 0 Å². The van der Waals surface area contributed by atoms with E-state index < -0.39 is 0 Å². The standard InChI is InChI=1S/C23H21N/c1-17-9-11-22(12-10-17)23-15-13-21(14-16-23)19(3)24-18(2)20-7-5-4-6-8-20/h4-16H,2H2,1,3H3. The number of rotatable bonds is 4. The van der Waals surface area contributed by atoms with Gasteiger partial charge in [0.25, 0.3) is 0 Å². The van der Waals surface area contributed by atoms with E-state index in [0.29, 0.717) is 0 Å². The lowest BCUT2D eigenvalue weighted by molar-refractivity contribution is 1.46. The fraction of sp³-hybridized carbons (Fsp3) is 0.0870. The van der Waals surface area contributed by atoms with Crippen LogP contribution in [0.2, 0.25) is 0 Å². The Morgan fingerprint density at radius 2 is 1.25 bits per heavy atom. The third-order valence-corrected chi connectivity index (χ3v) is 4.10. The largest absolute Gasteiger partial charge is 0.253 e. The molecule has 0 amide bonds. The van der Waals surface area contributed by atoms with Gasteiger partial charge >= 0.3 is 0 Å². The van der Waals surface area contributed by atoms with Gasteiger partial charge in [-0.05, 0) is 36.1 Å². The van der Waals surface area contributed by atoms with Gasteiger partial charge in [-0.1, -0.05) is 91.0 Å². The van der Waals surface area contributed by atoms with Crippen LogP contribution in [0, 0.1) is 6.92 Å². The molecule has 1 heteroatoms. The van der Waals surface area contributed by atoms with Gasteiger partial charge in [-0.3, -0.25) is 4.99 Å². The highest BCUT2D eigenvalue weighted by Crippen LogP contribution is 2.21. The van der Waals surface area contributed by atoms with Gasteiger partial charge < -0.3 is 0 Å². The molecule has 0 fully saturated rings. The highest BCUT2D eigenvalue weighted by Gasteiger charge is 2.02. The van der Waals surface area contributed by atoms with Crippen molar-refractivity contribution in [2.24, 2.45) is 4.99 Å². The number of benzene rings is 3. The van der Waals surface area contributed by atoms with Crippen LogP contribution >= 0.6 is 0 Å². The predicted molar refractivity (Wildman–Crippen MR) is 104 cm³/mol. The molecule has 0 aliphatic carbocycles. The van der Waals surface area contributed by atoms with Gasteiger partial charge in [0.15, 0.2) is 0 Å². The first-order valence-electron chi connectivity index (χ1n) is 8.10. The molecule has 1 nitrogen and oxygen atoms in total. The van der Waals surface area contributed by atoms with E-state index >= 15 is 0 Å². The number of nitrogens with zero attached hydrogens (tertiary/aromatic N) is 1. The minimum atomic E-state index is 0.788. The van der Waals surface area contributed by atoms with Crippen LogP contribution in [0.25, 0.3) is 16.8 Å². The van der Waals surface area contributed by atoms with Crippen LogP contribution in [0.5, 0.6) is 0 Å². The monoisotopic (exact) mass is 311 g/mol. The minimum absolute atomic E-state index is 0.788. The summed E-state index contributed by atoms with van der Waals surface area (Å²) in [5.41, 5.74) is 7.65. The van der Waals surface area contributed by atoms with Crippen LogP contribution in [0.1, 0.15) is 23.6 Å². The summed E-state index contributed by atoms with van der Waals surface area (Å²) in [6, 6.07) is 27.2. The molecule has 0 aliphatic heterocycles. The molecule has 0 bridgehead atoms. The lowest BCUT2D eigenvalue weighted by atomic mass is 10.0. The van der Waals surface area contributed by atoms with Crippen LogP contribution < -0.4 is 0 Å². The molecule has 24 heavy (non-hydrogen) atoms. The van der Waals surface area contributed by atoms with Crippen molar-refractivity contribution in [2.45, 2.75) is 13.8 Å². The zero-order valence-corrected chi connectivity index (χ0v) is 14.2. The van der Waals surface area contributed by atoms with E-state index in [1.165, 1.54) is 16.7 Å². The SMILES string of the molecule is C=C(N=C(C)c1ccc(-c2ccc(C)cc2)cc1)c1ccccc1. The van der Waals surface area contributed by atoms with E-state index in [4.69, 9.17) is 0 Å². The topological polar surface area (TPSA) is 12.4 Å². The summed E-state index contributed by atoms with van der Waals surface area (Å²) in [4.78, 5) is 4.65. The lowest BCUT2D eigenvalue weighted by Gasteiger charge is -2.06. The lowest BCUT2D eigenvalue weighted by Crippen LogP contribution is -1.95. The van der Waals surface area contributed by atoms with Crippen molar-refractivity contribution in [3.05, 3.63) is 102 Å². The van der Waals surface area contributed by atoms with E-state index in [-0.39, 0.29) is 0 Å². The first-order chi connectivity index (χ1) is 11.6. The third kappa shape index (κ3) is 3.69. The minimum Gasteiger partial charge on any atom is -0.253 e. The molecule has 0 saturated heterocycles. The maximum absolute atomic E-state index is 4.65. The molecule has 0 atom stereocenters. The quantitative estimate of drug-likeness (QED) is 0.513. The zero-order valence-electron chi connectivity index (χ0n) is 14.2. The first-order valence-corrected chi connectivity index (χ1v) is 8.10. The van der Waals surface area contributed by atoms with Crippen LogP contribution in [0.4, 0.5) is 0 Å². The molecule has 3 aromatic rings. The smallest absolute Gasteiger partial charge is 0.0633 e. The fourth-order valence-corrected chi connectivity index (χ4v) is 2.61. The van der Waals surface area contributed by atoms with E-state index in [1.807, 2.05) is 37.3 Å². The number of hydrogen-bond donors (Lipinski definition) is 0. The molecular weight excluding hydrogens is 290 g/mol. The molecule has 0 saturated carbocycles. The Morgan fingerprint density at radius 3 is 1.83 bits per heavy atom. The van der Waals surface area contributed by atoms with Crippen LogP contribution in [0.15, 0.2) is 90.4 Å². The van der Waals surface area contributed by atoms with E-state index in [2.05, 4.69) is 67.0 Å². The first kappa shape index (κ1) is 15.9. The zero-order chi connectivity index (χ0) is 16.9. The van der Waals surface area contributed by atoms with Gasteiger partial charge in [0.2, 0.25) is 0 Å². The molecule has 0 radical (unpaired) electrons. The van der Waals surface area contributed by atoms with Gasteiger partial charge in [-0.25, -0.2) is 0 Å². The molecule has 3 rings (SSSR count). The Bertz CT molecular complexity index is 854. The summed E-state index contributed by atoms with van der Waals surface area (Å²) < 4.78 is 0. The molecule has 0 spiro atoms. The summed E-state index contributed by atoms with van der Waals surface area (Å²) in [6.45, 7) is 8.20. The molecule has 0 aliphatic rings. The van der Waals surface area contributed by atoms with Crippen molar-refractivity contribution in [2.75, 3.05) is 0 Å². The Hall–Kier alpha value is -2.93. The van der Waals surface area contributed by atoms with Gasteiger partial charge in [-0.2, -0.15) is 0 Å². The highest BCUT2D eigenvalue weighted by molar-refractivity contribution is 6.01. The second kappa shape index (κ2) is 7.10. The van der Waals surface area contributed by atoms with Gasteiger partial charge in [0.1, 0.15) is 0 Å². The van der Waals surface area contributed by atoms with Crippen molar-refractivity contribution in [3.63, 3.8) is 0 Å². The average molecular weight is 311 g/mol. The number of hydrogen-bond acceptors (Lipinski definition) is 1. The van der Waals surface area contributed by atoms with Gasteiger partial charge in [0.05, 0.1) is 5.70 Å². The Labute approximate surface area is 144 Å². The van der Waals surface area contributed by atoms with E-state index in [0.717, 1.165) is 22.5 Å². The highest BCUT2D eigenvalue weighted by atomic mass is 14.7. The number of aliphatic imine (C=N–C) groups is 1. The molecule has 118 valence electrons. The molecular formula is C23H21N. The second-order valence-electron chi connectivity index (χ2n) is 5.95. The summed E-state index contributed by atoms with van der Waals surface area (Å²) in [5.74, 6) is 0. The van der Waals surface area contributed by atoms with E-state index in [1.54, 1.807) is 0 Å².